The number of thiazole rings is 1. The highest BCUT2D eigenvalue weighted by Crippen LogP contribution is 2.28. The van der Waals surface area contributed by atoms with Crippen LogP contribution in [-0.4, -0.2) is 49.5 Å². The van der Waals surface area contributed by atoms with Crippen LogP contribution in [-0.2, 0) is 6.42 Å². The summed E-state index contributed by atoms with van der Waals surface area (Å²) in [6, 6.07) is 0. The molecule has 3 heterocycles. The monoisotopic (exact) mass is 334 g/mol. The van der Waals surface area contributed by atoms with Crippen molar-refractivity contribution in [3.05, 3.63) is 21.4 Å². The number of aromatic nitrogens is 5. The number of hydrogen-bond donors (Lipinski definition) is 1. The average molecular weight is 334 g/mol. The second-order valence-electron chi connectivity index (χ2n) is 6.47. The van der Waals surface area contributed by atoms with Gasteiger partial charge in [0.05, 0.1) is 10.7 Å². The lowest BCUT2D eigenvalue weighted by Gasteiger charge is -2.31. The van der Waals surface area contributed by atoms with E-state index in [1.807, 2.05) is 11.8 Å². The number of H-pyrrole nitrogens is 1. The van der Waals surface area contributed by atoms with Gasteiger partial charge in [-0.15, -0.1) is 21.5 Å². The largest absolute Gasteiger partial charge is 0.337 e. The lowest BCUT2D eigenvalue weighted by Crippen LogP contribution is -2.39. The standard InChI is InChI=1S/C15H22N6OS/c1-9(2)7-12-13(23-10(3)16-12)15(22)21-6-4-5-11(8-21)14-17-19-20-18-14/h9,11H,4-8H2,1-3H3,(H,17,18,19,20)/t11-/m0/s1. The van der Waals surface area contributed by atoms with Crippen LogP contribution >= 0.6 is 11.3 Å². The maximum Gasteiger partial charge on any atom is 0.265 e. The quantitative estimate of drug-likeness (QED) is 0.926. The Kier molecular flexibility index (Phi) is 4.70. The van der Waals surface area contributed by atoms with Gasteiger partial charge < -0.3 is 4.90 Å². The average Bonchev–Trinajstić information content (AvgIpc) is 3.16. The van der Waals surface area contributed by atoms with Crippen LogP contribution in [0.3, 0.4) is 0 Å². The first-order chi connectivity index (χ1) is 11.0. The lowest BCUT2D eigenvalue weighted by atomic mass is 9.97. The summed E-state index contributed by atoms with van der Waals surface area (Å²) >= 11 is 1.50. The van der Waals surface area contributed by atoms with Gasteiger partial charge in [0.15, 0.2) is 5.82 Å². The Bertz CT molecular complexity index is 666. The van der Waals surface area contributed by atoms with Crippen LogP contribution in [0.25, 0.3) is 0 Å². The first kappa shape index (κ1) is 16.0. The molecule has 2 aromatic rings. The van der Waals surface area contributed by atoms with Gasteiger partial charge in [-0.3, -0.25) is 4.79 Å². The van der Waals surface area contributed by atoms with E-state index in [4.69, 9.17) is 0 Å². The number of amides is 1. The molecule has 1 aliphatic rings. The summed E-state index contributed by atoms with van der Waals surface area (Å²) in [5, 5.41) is 15.2. The van der Waals surface area contributed by atoms with Crippen molar-refractivity contribution in [1.82, 2.24) is 30.5 Å². The van der Waals surface area contributed by atoms with Crippen LogP contribution in [0.1, 0.15) is 58.8 Å². The van der Waals surface area contributed by atoms with Crippen molar-refractivity contribution in [2.45, 2.75) is 46.0 Å². The number of hydrogen-bond acceptors (Lipinski definition) is 6. The third-order valence-corrected chi connectivity index (χ3v) is 5.04. The molecule has 1 saturated heterocycles. The van der Waals surface area contributed by atoms with Crippen molar-refractivity contribution in [3.63, 3.8) is 0 Å². The van der Waals surface area contributed by atoms with Crippen LogP contribution in [0.15, 0.2) is 0 Å². The number of tetrazole rings is 1. The van der Waals surface area contributed by atoms with Gasteiger partial charge in [-0.1, -0.05) is 19.1 Å². The van der Waals surface area contributed by atoms with Gasteiger partial charge in [-0.25, -0.2) is 4.98 Å². The van der Waals surface area contributed by atoms with Crippen LogP contribution < -0.4 is 0 Å². The van der Waals surface area contributed by atoms with Crippen LogP contribution in [0.5, 0.6) is 0 Å². The Balaban J connectivity index is 1.77. The molecule has 0 aliphatic carbocycles. The zero-order chi connectivity index (χ0) is 16.4. The zero-order valence-corrected chi connectivity index (χ0v) is 14.6. The van der Waals surface area contributed by atoms with Gasteiger partial charge in [-0.2, -0.15) is 5.21 Å². The number of piperidine rings is 1. The van der Waals surface area contributed by atoms with Crippen molar-refractivity contribution in [2.24, 2.45) is 5.92 Å². The van der Waals surface area contributed by atoms with E-state index in [0.717, 1.165) is 41.4 Å². The second kappa shape index (κ2) is 6.74. The van der Waals surface area contributed by atoms with Gasteiger partial charge >= 0.3 is 0 Å². The van der Waals surface area contributed by atoms with Crippen LogP contribution in [0.4, 0.5) is 0 Å². The molecule has 1 atom stereocenters. The van der Waals surface area contributed by atoms with E-state index in [2.05, 4.69) is 39.5 Å². The fourth-order valence-corrected chi connectivity index (χ4v) is 3.94. The molecule has 1 amide bonds. The predicted octanol–water partition coefficient (Wildman–Crippen LogP) is 2.18. The molecule has 3 rings (SSSR count). The van der Waals surface area contributed by atoms with E-state index in [1.165, 1.54) is 11.3 Å². The topological polar surface area (TPSA) is 87.7 Å². The summed E-state index contributed by atoms with van der Waals surface area (Å²) in [7, 11) is 0. The molecule has 1 N–H and O–H groups in total. The van der Waals surface area contributed by atoms with E-state index < -0.39 is 0 Å². The maximum atomic E-state index is 13.0. The summed E-state index contributed by atoms with van der Waals surface area (Å²) < 4.78 is 0. The van der Waals surface area contributed by atoms with Crippen molar-refractivity contribution < 1.29 is 4.79 Å². The van der Waals surface area contributed by atoms with Gasteiger partial charge in [0, 0.05) is 19.0 Å². The minimum atomic E-state index is 0.0967. The van der Waals surface area contributed by atoms with Gasteiger partial charge in [0.25, 0.3) is 5.91 Å². The number of carbonyl (C=O) groups excluding carboxylic acids is 1. The minimum absolute atomic E-state index is 0.0967. The summed E-state index contributed by atoms with van der Waals surface area (Å²) in [5.74, 6) is 1.44. The zero-order valence-electron chi connectivity index (χ0n) is 13.7. The molecule has 23 heavy (non-hydrogen) atoms. The number of carbonyl (C=O) groups is 1. The highest BCUT2D eigenvalue weighted by Gasteiger charge is 2.30. The Morgan fingerprint density at radius 1 is 1.48 bits per heavy atom. The Morgan fingerprint density at radius 3 is 3.00 bits per heavy atom. The first-order valence-corrected chi connectivity index (χ1v) is 8.85. The summed E-state index contributed by atoms with van der Waals surface area (Å²) in [5.41, 5.74) is 0.939. The molecule has 2 aromatic heterocycles. The fraction of sp³-hybridized carbons (Fsp3) is 0.667. The molecule has 0 saturated carbocycles. The van der Waals surface area contributed by atoms with Crippen molar-refractivity contribution in [2.75, 3.05) is 13.1 Å². The molecule has 0 radical (unpaired) electrons. The molecule has 8 heteroatoms. The first-order valence-electron chi connectivity index (χ1n) is 8.03. The molecule has 0 unspecified atom stereocenters. The predicted molar refractivity (Wildman–Crippen MR) is 87.4 cm³/mol. The Morgan fingerprint density at radius 2 is 2.30 bits per heavy atom. The normalized spacial score (nSPS) is 18.6. The van der Waals surface area contributed by atoms with Gasteiger partial charge in [-0.05, 0) is 32.1 Å². The van der Waals surface area contributed by atoms with E-state index in [1.54, 1.807) is 0 Å². The number of nitrogens with one attached hydrogen (secondary N) is 1. The third-order valence-electron chi connectivity index (χ3n) is 4.04. The SMILES string of the molecule is Cc1nc(CC(C)C)c(C(=O)N2CCC[C@H](c3nn[nH]n3)C2)s1. The molecular formula is C15H22N6OS. The smallest absolute Gasteiger partial charge is 0.265 e. The Hall–Kier alpha value is -1.83. The Labute approximate surface area is 139 Å². The third kappa shape index (κ3) is 3.57. The number of aromatic amines is 1. The minimum Gasteiger partial charge on any atom is -0.337 e. The van der Waals surface area contributed by atoms with E-state index in [0.29, 0.717) is 18.3 Å². The molecule has 0 spiro atoms. The number of rotatable bonds is 4. The van der Waals surface area contributed by atoms with Gasteiger partial charge in [0.2, 0.25) is 0 Å². The summed E-state index contributed by atoms with van der Waals surface area (Å²) in [6.07, 6.45) is 2.79. The fourth-order valence-electron chi connectivity index (χ4n) is 3.02. The van der Waals surface area contributed by atoms with Crippen LogP contribution in [0.2, 0.25) is 0 Å². The van der Waals surface area contributed by atoms with Crippen LogP contribution in [0, 0.1) is 12.8 Å². The van der Waals surface area contributed by atoms with E-state index in [-0.39, 0.29) is 11.8 Å². The molecule has 1 aliphatic heterocycles. The summed E-state index contributed by atoms with van der Waals surface area (Å²) in [4.78, 5) is 20.2. The van der Waals surface area contributed by atoms with Gasteiger partial charge in [0.1, 0.15) is 4.88 Å². The second-order valence-corrected chi connectivity index (χ2v) is 7.67. The number of nitrogens with zero attached hydrogens (tertiary/aromatic N) is 5. The van der Waals surface area contributed by atoms with Crippen molar-refractivity contribution >= 4 is 17.2 Å². The highest BCUT2D eigenvalue weighted by molar-refractivity contribution is 7.13. The van der Waals surface area contributed by atoms with Crippen molar-refractivity contribution in [1.29, 1.82) is 0 Å². The highest BCUT2D eigenvalue weighted by atomic mass is 32.1. The number of likely N-dealkylation sites (tertiary alicyclic amines) is 1. The lowest BCUT2D eigenvalue weighted by molar-refractivity contribution is 0.0708. The molecule has 1 fully saturated rings. The number of aryl methyl sites for hydroxylation is 1. The molecular weight excluding hydrogens is 312 g/mol. The van der Waals surface area contributed by atoms with Crippen molar-refractivity contribution in [3.8, 4) is 0 Å². The molecule has 7 nitrogen and oxygen atoms in total. The summed E-state index contributed by atoms with van der Waals surface area (Å²) in [6.45, 7) is 7.69. The maximum absolute atomic E-state index is 13.0. The molecule has 0 aromatic carbocycles. The van der Waals surface area contributed by atoms with E-state index >= 15 is 0 Å². The molecule has 0 bridgehead atoms. The van der Waals surface area contributed by atoms with E-state index in [9.17, 15) is 4.79 Å². The molecule has 124 valence electrons.